The topological polar surface area (TPSA) is 49.4 Å². The van der Waals surface area contributed by atoms with Crippen LogP contribution in [0.2, 0.25) is 0 Å². The lowest BCUT2D eigenvalue weighted by atomic mass is 10.1. The second kappa shape index (κ2) is 10.6. The maximum Gasteiger partial charge on any atom is 0.226 e. The molecule has 0 saturated carbocycles. The largest absolute Gasteiger partial charge is 0.356 e. The Hall–Kier alpha value is -1.10. The van der Waals surface area contributed by atoms with E-state index in [0.29, 0.717) is 12.8 Å². The lowest BCUT2D eigenvalue weighted by molar-refractivity contribution is -0.898. The number of nitrogens with zero attached hydrogens (tertiary/aromatic N) is 2. The number of nitrogens with one attached hydrogen (secondary N) is 1. The fraction of sp³-hybridized carbons (Fsp3) is 0.889. The first kappa shape index (κ1) is 19.9. The Bertz CT molecular complexity index is 369. The molecule has 1 saturated heterocycles. The van der Waals surface area contributed by atoms with Gasteiger partial charge in [-0.05, 0) is 12.8 Å². The Balaban J connectivity index is 2.06. The molecule has 1 heterocycles. The number of carbonyl (C=O) groups is 2. The minimum atomic E-state index is 0.182. The minimum absolute atomic E-state index is 0.182. The fourth-order valence-corrected chi connectivity index (χ4v) is 3.10. The first-order chi connectivity index (χ1) is 10.9. The Morgan fingerprint density at radius 1 is 1.17 bits per heavy atom. The highest BCUT2D eigenvalue weighted by Crippen LogP contribution is 2.12. The van der Waals surface area contributed by atoms with Gasteiger partial charge >= 0.3 is 0 Å². The maximum absolute atomic E-state index is 11.8. The smallest absolute Gasteiger partial charge is 0.226 e. The summed E-state index contributed by atoms with van der Waals surface area (Å²) in [6.45, 7) is 5.59. The summed E-state index contributed by atoms with van der Waals surface area (Å²) in [6, 6.07) is 0. The van der Waals surface area contributed by atoms with Crippen LogP contribution in [0.15, 0.2) is 0 Å². The summed E-state index contributed by atoms with van der Waals surface area (Å²) in [6.07, 6.45) is 9.23. The molecule has 0 spiro atoms. The summed E-state index contributed by atoms with van der Waals surface area (Å²) in [5.41, 5.74) is 0. The van der Waals surface area contributed by atoms with E-state index in [-0.39, 0.29) is 11.8 Å². The third-order valence-corrected chi connectivity index (χ3v) is 4.49. The zero-order valence-corrected chi connectivity index (χ0v) is 15.4. The van der Waals surface area contributed by atoms with Gasteiger partial charge in [0.25, 0.3) is 0 Å². The van der Waals surface area contributed by atoms with Gasteiger partial charge in [-0.2, -0.15) is 0 Å². The molecule has 0 aromatic carbocycles. The van der Waals surface area contributed by atoms with E-state index in [9.17, 15) is 9.59 Å². The molecule has 2 amide bonds. The Morgan fingerprint density at radius 3 is 2.57 bits per heavy atom. The molecule has 134 valence electrons. The molecular formula is C18H36N3O2+. The molecule has 0 aliphatic carbocycles. The number of hydrogen-bond donors (Lipinski definition) is 1. The fourth-order valence-electron chi connectivity index (χ4n) is 3.10. The van der Waals surface area contributed by atoms with Crippen LogP contribution in [0.1, 0.15) is 64.7 Å². The van der Waals surface area contributed by atoms with Gasteiger partial charge in [-0.25, -0.2) is 0 Å². The molecule has 1 aliphatic rings. The maximum atomic E-state index is 11.8. The average Bonchev–Trinajstić information content (AvgIpc) is 2.88. The third-order valence-electron chi connectivity index (χ3n) is 4.49. The van der Waals surface area contributed by atoms with Crippen molar-refractivity contribution in [3.63, 3.8) is 0 Å². The van der Waals surface area contributed by atoms with Crippen molar-refractivity contribution in [1.82, 2.24) is 10.2 Å². The molecule has 0 unspecified atom stereocenters. The van der Waals surface area contributed by atoms with Crippen molar-refractivity contribution in [1.29, 1.82) is 0 Å². The van der Waals surface area contributed by atoms with Gasteiger partial charge in [0.2, 0.25) is 11.8 Å². The van der Waals surface area contributed by atoms with Crippen LogP contribution >= 0.6 is 0 Å². The van der Waals surface area contributed by atoms with Crippen molar-refractivity contribution in [3.05, 3.63) is 0 Å². The average molecular weight is 327 g/mol. The summed E-state index contributed by atoms with van der Waals surface area (Å²) < 4.78 is 0.804. The van der Waals surface area contributed by atoms with Crippen LogP contribution in [0.5, 0.6) is 0 Å². The molecule has 0 aromatic heterocycles. The highest BCUT2D eigenvalue weighted by atomic mass is 16.2. The van der Waals surface area contributed by atoms with E-state index in [1.54, 1.807) is 0 Å². The normalized spacial score (nSPS) is 15.3. The van der Waals surface area contributed by atoms with Gasteiger partial charge in [0.1, 0.15) is 0 Å². The van der Waals surface area contributed by atoms with Crippen LogP contribution in [0.3, 0.4) is 0 Å². The monoisotopic (exact) mass is 326 g/mol. The SMILES string of the molecule is CCCCCCCC(=O)NCCC[N+](C)(C)CN1CCCC1=O. The highest BCUT2D eigenvalue weighted by Gasteiger charge is 2.26. The van der Waals surface area contributed by atoms with Crippen molar-refractivity contribution in [2.75, 3.05) is 40.4 Å². The number of carbonyl (C=O) groups excluding carboxylic acids is 2. The molecule has 23 heavy (non-hydrogen) atoms. The molecule has 1 N–H and O–H groups in total. The van der Waals surface area contributed by atoms with E-state index < -0.39 is 0 Å². The van der Waals surface area contributed by atoms with E-state index in [1.165, 1.54) is 19.3 Å². The van der Waals surface area contributed by atoms with Crippen LogP contribution in [-0.4, -0.2) is 61.6 Å². The summed E-state index contributed by atoms with van der Waals surface area (Å²) in [4.78, 5) is 25.4. The van der Waals surface area contributed by atoms with Crippen molar-refractivity contribution in [3.8, 4) is 0 Å². The summed E-state index contributed by atoms with van der Waals surface area (Å²) in [7, 11) is 4.31. The van der Waals surface area contributed by atoms with Gasteiger partial charge in [0.15, 0.2) is 6.67 Å². The summed E-state index contributed by atoms with van der Waals surface area (Å²) >= 11 is 0. The molecule has 0 aromatic rings. The molecule has 0 atom stereocenters. The van der Waals surface area contributed by atoms with E-state index in [1.807, 2.05) is 4.90 Å². The van der Waals surface area contributed by atoms with Crippen molar-refractivity contribution < 1.29 is 14.1 Å². The standard InChI is InChI=1S/C18H35N3O2/c1-4-5-6-7-8-11-17(22)19-13-10-15-21(2,3)16-20-14-9-12-18(20)23/h4-16H2,1-3H3/p+1. The van der Waals surface area contributed by atoms with Crippen LogP contribution in [0.4, 0.5) is 0 Å². The van der Waals surface area contributed by atoms with Gasteiger partial charge in [0.05, 0.1) is 20.6 Å². The van der Waals surface area contributed by atoms with Crippen LogP contribution in [0.25, 0.3) is 0 Å². The Kier molecular flexibility index (Phi) is 9.22. The minimum Gasteiger partial charge on any atom is -0.356 e. The van der Waals surface area contributed by atoms with E-state index >= 15 is 0 Å². The molecule has 5 nitrogen and oxygen atoms in total. The van der Waals surface area contributed by atoms with Gasteiger partial charge in [-0.1, -0.05) is 32.6 Å². The number of rotatable bonds is 12. The lowest BCUT2D eigenvalue weighted by Gasteiger charge is -2.33. The number of quaternary nitrogens is 1. The zero-order chi connectivity index (χ0) is 17.1. The Labute approximate surface area is 142 Å². The van der Waals surface area contributed by atoms with E-state index in [0.717, 1.165) is 56.5 Å². The number of unbranched alkanes of at least 4 members (excludes halogenated alkanes) is 4. The van der Waals surface area contributed by atoms with Crippen molar-refractivity contribution in [2.45, 2.75) is 64.7 Å². The summed E-state index contributed by atoms with van der Waals surface area (Å²) in [5.74, 6) is 0.467. The van der Waals surface area contributed by atoms with Gasteiger partial charge < -0.3 is 9.80 Å². The van der Waals surface area contributed by atoms with E-state index in [2.05, 4.69) is 26.3 Å². The molecule has 1 aliphatic heterocycles. The highest BCUT2D eigenvalue weighted by molar-refractivity contribution is 5.77. The Morgan fingerprint density at radius 2 is 1.91 bits per heavy atom. The lowest BCUT2D eigenvalue weighted by Crippen LogP contribution is -2.50. The first-order valence-corrected chi connectivity index (χ1v) is 9.31. The molecular weight excluding hydrogens is 290 g/mol. The van der Waals surface area contributed by atoms with Gasteiger partial charge in [0, 0.05) is 32.4 Å². The molecule has 1 rings (SSSR count). The second-order valence-corrected chi connectivity index (χ2v) is 7.43. The van der Waals surface area contributed by atoms with Gasteiger partial charge in [-0.15, -0.1) is 0 Å². The summed E-state index contributed by atoms with van der Waals surface area (Å²) in [5, 5.41) is 3.02. The van der Waals surface area contributed by atoms with Crippen LogP contribution < -0.4 is 5.32 Å². The second-order valence-electron chi connectivity index (χ2n) is 7.43. The third kappa shape index (κ3) is 8.94. The molecule has 0 radical (unpaired) electrons. The number of amides is 2. The predicted octanol–water partition coefficient (Wildman–Crippen LogP) is 2.51. The van der Waals surface area contributed by atoms with Crippen molar-refractivity contribution >= 4 is 11.8 Å². The number of hydrogen-bond acceptors (Lipinski definition) is 2. The van der Waals surface area contributed by atoms with Crippen LogP contribution in [0, 0.1) is 0 Å². The molecule has 5 heteroatoms. The van der Waals surface area contributed by atoms with Crippen molar-refractivity contribution in [2.24, 2.45) is 0 Å². The zero-order valence-electron chi connectivity index (χ0n) is 15.4. The van der Waals surface area contributed by atoms with Crippen LogP contribution in [-0.2, 0) is 9.59 Å². The predicted molar refractivity (Wildman–Crippen MR) is 93.8 cm³/mol. The quantitative estimate of drug-likeness (QED) is 0.442. The first-order valence-electron chi connectivity index (χ1n) is 9.31. The van der Waals surface area contributed by atoms with E-state index in [4.69, 9.17) is 0 Å². The molecule has 1 fully saturated rings. The molecule has 0 bridgehead atoms. The number of likely N-dealkylation sites (tertiary alicyclic amines) is 1. The van der Waals surface area contributed by atoms with Gasteiger partial charge in [-0.3, -0.25) is 14.5 Å².